The maximum Gasteiger partial charge on any atom is 0.240 e. The Bertz CT molecular complexity index is 1080. The molecule has 8 nitrogen and oxygen atoms in total. The van der Waals surface area contributed by atoms with Gasteiger partial charge in [-0.25, -0.2) is 22.2 Å². The molecule has 3 aromatic rings. The van der Waals surface area contributed by atoms with Gasteiger partial charge in [-0.3, -0.25) is 0 Å². The van der Waals surface area contributed by atoms with Crippen molar-refractivity contribution in [3.05, 3.63) is 59.2 Å². The smallest absolute Gasteiger partial charge is 0.240 e. The van der Waals surface area contributed by atoms with Crippen LogP contribution in [0.15, 0.2) is 41.3 Å². The molecule has 148 valence electrons. The van der Waals surface area contributed by atoms with Crippen molar-refractivity contribution in [1.82, 2.24) is 24.7 Å². The van der Waals surface area contributed by atoms with Crippen molar-refractivity contribution >= 4 is 15.8 Å². The number of aryl methyl sites for hydroxylation is 1. The quantitative estimate of drug-likeness (QED) is 0.585. The van der Waals surface area contributed by atoms with Crippen LogP contribution in [0.4, 0.5) is 10.2 Å². The second kappa shape index (κ2) is 8.03. The van der Waals surface area contributed by atoms with Gasteiger partial charge < -0.3 is 5.32 Å². The molecule has 0 aliphatic heterocycles. The van der Waals surface area contributed by atoms with Gasteiger partial charge in [0.2, 0.25) is 10.0 Å². The van der Waals surface area contributed by atoms with Crippen LogP contribution >= 0.6 is 0 Å². The second-order valence-corrected chi connectivity index (χ2v) is 8.03. The van der Waals surface area contributed by atoms with Crippen LogP contribution in [0.5, 0.6) is 0 Å². The highest BCUT2D eigenvalue weighted by atomic mass is 32.2. The highest BCUT2D eigenvalue weighted by Crippen LogP contribution is 2.15. The first-order valence-electron chi connectivity index (χ1n) is 8.64. The van der Waals surface area contributed by atoms with Crippen LogP contribution in [0.3, 0.4) is 0 Å². The molecule has 1 aromatic carbocycles. The third-order valence-electron chi connectivity index (χ3n) is 4.35. The van der Waals surface area contributed by atoms with E-state index in [4.69, 9.17) is 0 Å². The summed E-state index contributed by atoms with van der Waals surface area (Å²) in [5.74, 6) is 0.507. The Kier molecular flexibility index (Phi) is 5.71. The molecule has 2 heterocycles. The van der Waals surface area contributed by atoms with Crippen molar-refractivity contribution in [2.75, 3.05) is 18.4 Å². The highest BCUT2D eigenvalue weighted by Gasteiger charge is 2.14. The normalized spacial score (nSPS) is 11.6. The first-order valence-corrected chi connectivity index (χ1v) is 10.1. The largest absolute Gasteiger partial charge is 0.367 e. The molecule has 0 saturated carbocycles. The fourth-order valence-electron chi connectivity index (χ4n) is 2.57. The average Bonchev–Trinajstić information content (AvgIpc) is 2.93. The van der Waals surface area contributed by atoms with Gasteiger partial charge in [-0.15, -0.1) is 10.2 Å². The number of halogens is 1. The number of hydrogen-bond acceptors (Lipinski definition) is 6. The van der Waals surface area contributed by atoms with E-state index in [0.717, 1.165) is 23.0 Å². The molecule has 0 aliphatic rings. The Morgan fingerprint density at radius 3 is 2.46 bits per heavy atom. The lowest BCUT2D eigenvalue weighted by atomic mass is 10.2. The Hall–Kier alpha value is -2.85. The molecule has 10 heteroatoms. The number of nitrogens with zero attached hydrogens (tertiary/aromatic N) is 4. The standard InChI is InChI=1S/C18H21FN6O2S/c1-12-13(2)24-25(14(12)3)18-8-7-17(22-23-18)20-9-10-21-28(26,27)16-6-4-5-15(19)11-16/h4-8,11,21H,9-10H2,1-3H3,(H,20,22). The molecule has 2 N–H and O–H groups in total. The summed E-state index contributed by atoms with van der Waals surface area (Å²) in [7, 11) is -3.76. The highest BCUT2D eigenvalue weighted by molar-refractivity contribution is 7.89. The minimum atomic E-state index is -3.76. The molecule has 0 bridgehead atoms. The van der Waals surface area contributed by atoms with E-state index in [-0.39, 0.29) is 11.4 Å². The Morgan fingerprint density at radius 2 is 1.86 bits per heavy atom. The molecule has 0 fully saturated rings. The summed E-state index contributed by atoms with van der Waals surface area (Å²) in [5, 5.41) is 15.7. The second-order valence-electron chi connectivity index (χ2n) is 6.27. The third kappa shape index (κ3) is 4.34. The summed E-state index contributed by atoms with van der Waals surface area (Å²) in [5.41, 5.74) is 3.04. The Labute approximate surface area is 162 Å². The summed E-state index contributed by atoms with van der Waals surface area (Å²) in [6, 6.07) is 8.38. The lowest BCUT2D eigenvalue weighted by Crippen LogP contribution is -2.29. The van der Waals surface area contributed by atoms with E-state index in [1.165, 1.54) is 18.2 Å². The zero-order valence-electron chi connectivity index (χ0n) is 15.8. The van der Waals surface area contributed by atoms with Gasteiger partial charge in [0.1, 0.15) is 11.6 Å². The summed E-state index contributed by atoms with van der Waals surface area (Å²) in [4.78, 5) is -0.114. The van der Waals surface area contributed by atoms with Crippen LogP contribution in [0.2, 0.25) is 0 Å². The number of anilines is 1. The van der Waals surface area contributed by atoms with Crippen molar-refractivity contribution in [3.8, 4) is 5.82 Å². The number of sulfonamides is 1. The van der Waals surface area contributed by atoms with Crippen LogP contribution in [-0.2, 0) is 10.0 Å². The van der Waals surface area contributed by atoms with Gasteiger partial charge in [-0.05, 0) is 56.7 Å². The molecule has 0 unspecified atom stereocenters. The number of aromatic nitrogens is 4. The van der Waals surface area contributed by atoms with E-state index < -0.39 is 15.8 Å². The average molecular weight is 404 g/mol. The predicted octanol–water partition coefficient (Wildman–Crippen LogP) is 2.12. The molecule has 0 amide bonds. The number of benzene rings is 1. The lowest BCUT2D eigenvalue weighted by molar-refractivity contribution is 0.579. The van der Waals surface area contributed by atoms with Crippen LogP contribution in [0.1, 0.15) is 17.0 Å². The van der Waals surface area contributed by atoms with Gasteiger partial charge in [0.05, 0.1) is 10.6 Å². The van der Waals surface area contributed by atoms with Crippen LogP contribution in [-0.4, -0.2) is 41.5 Å². The van der Waals surface area contributed by atoms with Crippen LogP contribution in [0.25, 0.3) is 5.82 Å². The molecule has 2 aromatic heterocycles. The zero-order chi connectivity index (χ0) is 20.3. The van der Waals surface area contributed by atoms with Crippen LogP contribution < -0.4 is 10.0 Å². The van der Waals surface area contributed by atoms with Crippen molar-refractivity contribution in [1.29, 1.82) is 0 Å². The fraction of sp³-hybridized carbons (Fsp3) is 0.278. The monoisotopic (exact) mass is 404 g/mol. The molecular weight excluding hydrogens is 383 g/mol. The molecule has 0 radical (unpaired) electrons. The van der Waals surface area contributed by atoms with E-state index in [2.05, 4.69) is 25.3 Å². The molecule has 0 atom stereocenters. The molecule has 28 heavy (non-hydrogen) atoms. The van der Waals surface area contributed by atoms with E-state index >= 15 is 0 Å². The summed E-state index contributed by atoms with van der Waals surface area (Å²) in [6.07, 6.45) is 0. The molecular formula is C18H21FN6O2S. The molecule has 0 aliphatic carbocycles. The molecule has 3 rings (SSSR count). The summed E-state index contributed by atoms with van der Waals surface area (Å²) >= 11 is 0. The van der Waals surface area contributed by atoms with E-state index in [1.54, 1.807) is 16.8 Å². The number of nitrogens with one attached hydrogen (secondary N) is 2. The third-order valence-corrected chi connectivity index (χ3v) is 5.81. The summed E-state index contributed by atoms with van der Waals surface area (Å²) in [6.45, 7) is 6.31. The van der Waals surface area contributed by atoms with Gasteiger partial charge in [0.25, 0.3) is 0 Å². The van der Waals surface area contributed by atoms with Gasteiger partial charge >= 0.3 is 0 Å². The molecule has 0 saturated heterocycles. The topological polar surface area (TPSA) is 102 Å². The van der Waals surface area contributed by atoms with Crippen molar-refractivity contribution in [2.45, 2.75) is 25.7 Å². The predicted molar refractivity (Wildman–Crippen MR) is 103 cm³/mol. The lowest BCUT2D eigenvalue weighted by Gasteiger charge is -2.09. The maximum atomic E-state index is 13.2. The fourth-order valence-corrected chi connectivity index (χ4v) is 3.63. The van der Waals surface area contributed by atoms with Crippen molar-refractivity contribution in [2.24, 2.45) is 0 Å². The van der Waals surface area contributed by atoms with Crippen molar-refractivity contribution in [3.63, 3.8) is 0 Å². The first-order chi connectivity index (χ1) is 13.3. The first kappa shape index (κ1) is 19.9. The zero-order valence-corrected chi connectivity index (χ0v) is 16.6. The van der Waals surface area contributed by atoms with Gasteiger partial charge in [0.15, 0.2) is 5.82 Å². The minimum absolute atomic E-state index is 0.110. The van der Waals surface area contributed by atoms with Gasteiger partial charge in [-0.2, -0.15) is 5.10 Å². The SMILES string of the molecule is Cc1nn(-c2ccc(NCCNS(=O)(=O)c3cccc(F)c3)nn2)c(C)c1C. The summed E-state index contributed by atoms with van der Waals surface area (Å²) < 4.78 is 41.6. The van der Waals surface area contributed by atoms with Crippen molar-refractivity contribution < 1.29 is 12.8 Å². The van der Waals surface area contributed by atoms with E-state index in [0.29, 0.717) is 18.2 Å². The number of rotatable bonds is 7. The van der Waals surface area contributed by atoms with Crippen LogP contribution in [0, 0.1) is 26.6 Å². The Morgan fingerprint density at radius 1 is 1.07 bits per heavy atom. The minimum Gasteiger partial charge on any atom is -0.367 e. The maximum absolute atomic E-state index is 13.2. The number of hydrogen-bond donors (Lipinski definition) is 2. The molecule has 0 spiro atoms. The van der Waals surface area contributed by atoms with Gasteiger partial charge in [-0.1, -0.05) is 6.07 Å². The van der Waals surface area contributed by atoms with E-state index in [9.17, 15) is 12.8 Å². The van der Waals surface area contributed by atoms with E-state index in [1.807, 2.05) is 20.8 Å². The Balaban J connectivity index is 1.56. The van der Waals surface area contributed by atoms with Gasteiger partial charge in [0, 0.05) is 18.8 Å².